The molecule has 3 aliphatic rings. The van der Waals surface area contributed by atoms with E-state index in [2.05, 4.69) is 14.2 Å². The molecule has 0 aromatic rings. The van der Waals surface area contributed by atoms with Crippen LogP contribution in [0.1, 0.15) is 38.5 Å². The summed E-state index contributed by atoms with van der Waals surface area (Å²) >= 11 is 0. The minimum atomic E-state index is 0. The first kappa shape index (κ1) is 53.9. The second-order valence-electron chi connectivity index (χ2n) is 7.89. The van der Waals surface area contributed by atoms with Crippen LogP contribution in [-0.2, 0) is 14.2 Å². The summed E-state index contributed by atoms with van der Waals surface area (Å²) in [4.78, 5) is 1.79. The summed E-state index contributed by atoms with van der Waals surface area (Å²) < 4.78 is 13.5. The molecule has 0 bridgehead atoms. The highest BCUT2D eigenvalue weighted by Gasteiger charge is 2.00. The van der Waals surface area contributed by atoms with Gasteiger partial charge in [-0.05, 0) is 38.5 Å². The van der Waals surface area contributed by atoms with Gasteiger partial charge in [-0.2, -0.15) is 0 Å². The largest absolute Gasteiger partial charge is 0.396 e. The van der Waals surface area contributed by atoms with Gasteiger partial charge < -0.3 is 77.8 Å². The van der Waals surface area contributed by atoms with Crippen molar-refractivity contribution in [2.45, 2.75) is 38.5 Å². The molecule has 3 rings (SSSR count). The molecule has 0 aromatic heterocycles. The van der Waals surface area contributed by atoms with Crippen molar-refractivity contribution in [3.8, 4) is 0 Å². The second-order valence-corrected chi connectivity index (χ2v) is 7.89. The Morgan fingerprint density at radius 2 is 0.571 bits per heavy atom. The smallest absolute Gasteiger partial charge is 0.0701 e. The van der Waals surface area contributed by atoms with E-state index in [9.17, 15) is 0 Å². The Balaban J connectivity index is -0.0000000911. The normalized spacial score (nSPS) is 12.3. The van der Waals surface area contributed by atoms with Gasteiger partial charge >= 0.3 is 0 Å². The van der Waals surface area contributed by atoms with Gasteiger partial charge in [-0.25, -0.2) is 0 Å². The molecule has 264 valence electrons. The quantitative estimate of drug-likeness (QED) is 0.0586. The molecule has 3 saturated heterocycles. The lowest BCUT2D eigenvalue weighted by Crippen LogP contribution is -2.32. The summed E-state index contributed by atoms with van der Waals surface area (Å²) in [6.45, 7) is 9.70. The molecule has 0 unspecified atom stereocenters. The maximum atomic E-state index is 8.48. The van der Waals surface area contributed by atoms with Gasteiger partial charge in [0.1, 0.15) is 0 Å². The van der Waals surface area contributed by atoms with Crippen molar-refractivity contribution >= 4 is 0 Å². The van der Waals surface area contributed by atoms with Crippen molar-refractivity contribution in [2.24, 2.45) is 11.5 Å². The fourth-order valence-electron chi connectivity index (χ4n) is 1.56. The van der Waals surface area contributed by atoms with E-state index >= 15 is 0 Å². The van der Waals surface area contributed by atoms with Crippen LogP contribution in [0.15, 0.2) is 0 Å². The van der Waals surface area contributed by atoms with Crippen LogP contribution in [-0.4, -0.2) is 183 Å². The third-order valence-electron chi connectivity index (χ3n) is 3.75. The number of unbranched alkanes of at least 4 members (excludes halogenated alkanes) is 4. The van der Waals surface area contributed by atoms with Gasteiger partial charge in [-0.1, -0.05) is 0 Å². The first-order chi connectivity index (χ1) is 20.0. The average molecular weight is 629 g/mol. The van der Waals surface area contributed by atoms with Crippen LogP contribution >= 0.6 is 0 Å². The third kappa shape index (κ3) is 127. The lowest BCUT2D eigenvalue weighted by Gasteiger charge is -2.17. The molecule has 0 atom stereocenters. The van der Waals surface area contributed by atoms with Gasteiger partial charge in [-0.15, -0.1) is 0 Å². The molecule has 3 fully saturated rings. The van der Waals surface area contributed by atoms with E-state index < -0.39 is 0 Å². The topological polar surface area (TPSA) is 310 Å². The molecule has 0 amide bonds. The van der Waals surface area contributed by atoms with Crippen molar-refractivity contribution < 1.29 is 60.2 Å². The zero-order chi connectivity index (χ0) is 32.1. The van der Waals surface area contributed by atoms with E-state index in [4.69, 9.17) is 57.4 Å². The Hall–Kier alpha value is -0.640. The average Bonchev–Trinajstić information content (AvgIpc) is 3.84. The Morgan fingerprint density at radius 3 is 0.667 bits per heavy atom. The van der Waals surface area contributed by atoms with E-state index in [0.717, 1.165) is 78.2 Å². The molecule has 3 heterocycles. The van der Waals surface area contributed by atoms with Crippen LogP contribution in [0.5, 0.6) is 0 Å². The molecule has 16 heteroatoms. The number of hydrogen-bond acceptors (Lipinski definition) is 16. The highest BCUT2D eigenvalue weighted by Crippen LogP contribution is 1.91. The van der Waals surface area contributed by atoms with Crippen molar-refractivity contribution in [2.75, 3.05) is 132 Å². The highest BCUT2D eigenvalue weighted by atomic mass is 16.6. The third-order valence-corrected chi connectivity index (χ3v) is 3.75. The summed E-state index contributed by atoms with van der Waals surface area (Å²) in [6, 6.07) is 0. The molecular weight excluding hydrogens is 560 g/mol. The molecule has 16 N–H and O–H groups in total. The fraction of sp³-hybridized carbons (Fsp3) is 1.00. The summed E-state index contributed by atoms with van der Waals surface area (Å²) in [5, 5.41) is 73.8. The van der Waals surface area contributed by atoms with Crippen LogP contribution in [0.3, 0.4) is 0 Å². The first-order valence-corrected chi connectivity index (χ1v) is 14.3. The second kappa shape index (κ2) is 63.6. The van der Waals surface area contributed by atoms with Crippen molar-refractivity contribution in [3.63, 3.8) is 0 Å². The summed E-state index contributed by atoms with van der Waals surface area (Å²) in [5.41, 5.74) is 9.56. The highest BCUT2D eigenvalue weighted by molar-refractivity contribution is 4.54. The zero-order valence-electron chi connectivity index (χ0n) is 25.9. The Morgan fingerprint density at radius 1 is 0.381 bits per heavy atom. The zero-order valence-corrected chi connectivity index (χ0v) is 25.9. The summed E-state index contributed by atoms with van der Waals surface area (Å²) in [6.07, 6.45) is 5.16. The van der Waals surface area contributed by atoms with Crippen LogP contribution in [0, 0.1) is 0 Å². The molecule has 0 radical (unpaired) electrons. The number of nitrogens with zero attached hydrogens (tertiary/aromatic N) is 1. The Kier molecular flexibility index (Phi) is 81.6. The number of hydrogen-bond donors (Lipinski definition) is 12. The maximum Gasteiger partial charge on any atom is 0.0701 e. The summed E-state index contributed by atoms with van der Waals surface area (Å²) in [7, 11) is 0. The van der Waals surface area contributed by atoms with Crippen molar-refractivity contribution in [3.05, 3.63) is 0 Å². The molecule has 42 heavy (non-hydrogen) atoms. The van der Waals surface area contributed by atoms with Gasteiger partial charge in [0.05, 0.1) is 72.7 Å². The number of epoxide rings is 3. The lowest BCUT2D eigenvalue weighted by atomic mass is 10.2. The first-order valence-electron chi connectivity index (χ1n) is 14.3. The van der Waals surface area contributed by atoms with Gasteiger partial charge in [0.25, 0.3) is 0 Å². The van der Waals surface area contributed by atoms with E-state index in [0.29, 0.717) is 32.7 Å². The van der Waals surface area contributed by atoms with E-state index in [-0.39, 0.29) is 65.6 Å². The Bertz CT molecular complexity index is 304. The predicted octanol–water partition coefficient (Wildman–Crippen LogP) is -3.37. The lowest BCUT2D eigenvalue weighted by molar-refractivity contribution is 0.136. The van der Waals surface area contributed by atoms with Crippen molar-refractivity contribution in [1.29, 1.82) is 0 Å². The summed E-state index contributed by atoms with van der Waals surface area (Å²) in [5.74, 6) is 0. The number of ether oxygens (including phenoxy) is 3. The van der Waals surface area contributed by atoms with Gasteiger partial charge in [0, 0.05) is 59.2 Å². The van der Waals surface area contributed by atoms with Gasteiger partial charge in [0.15, 0.2) is 0 Å². The van der Waals surface area contributed by atoms with Crippen molar-refractivity contribution in [1.82, 2.24) is 11.1 Å². The molecule has 0 aliphatic carbocycles. The van der Waals surface area contributed by atoms with Crippen LogP contribution in [0.4, 0.5) is 0 Å². The number of aliphatic hydroxyl groups excluding tert-OH is 9. The minimum absolute atomic E-state index is 0. The molecular formula is C26H68N4O12. The fourth-order valence-corrected chi connectivity index (χ4v) is 1.56. The minimum Gasteiger partial charge on any atom is -0.396 e. The molecule has 0 saturated carbocycles. The monoisotopic (exact) mass is 628 g/mol. The number of rotatable bonds is 16. The van der Waals surface area contributed by atoms with Crippen LogP contribution < -0.4 is 17.6 Å². The van der Waals surface area contributed by atoms with E-state index in [1.165, 1.54) is 0 Å². The SMILES string of the molecule is C1CO1.C1CO1.C1CO1.N.NCCO.NCCO.OCCCCCO.OCCCCCO.OCCN(CCO)CCO. The van der Waals surface area contributed by atoms with E-state index in [1.807, 2.05) is 0 Å². The number of nitrogens with two attached hydrogens (primary N) is 2. The molecule has 0 spiro atoms. The molecule has 0 aromatic carbocycles. The van der Waals surface area contributed by atoms with Crippen LogP contribution in [0.25, 0.3) is 0 Å². The molecule has 3 aliphatic heterocycles. The predicted molar refractivity (Wildman–Crippen MR) is 164 cm³/mol. The molecule has 16 nitrogen and oxygen atoms in total. The Labute approximate surface area is 253 Å². The van der Waals surface area contributed by atoms with Gasteiger partial charge in [0.2, 0.25) is 0 Å². The maximum absolute atomic E-state index is 8.48. The van der Waals surface area contributed by atoms with Gasteiger partial charge in [-0.3, -0.25) is 4.90 Å². The van der Waals surface area contributed by atoms with E-state index in [1.54, 1.807) is 4.90 Å². The standard InChI is InChI=1S/C6H15NO3.2C5H12O2.2C2H7NO.3C2H4O.H3N/c8-4-1-7(2-5-9)3-6-10;2*6-4-2-1-3-5-7;2*3-1-2-4;3*1-2-3-1;/h8-10H,1-6H2;2*6-7H,1-5H2;2*4H,1-3H2;3*1-2H2;1H3. The van der Waals surface area contributed by atoms with Crippen LogP contribution in [0.2, 0.25) is 0 Å². The number of aliphatic hydroxyl groups is 9.